The minimum Gasteiger partial charge on any atom is -0.497 e. The third kappa shape index (κ3) is 8.24. The molecule has 2 rings (SSSR count). The quantitative estimate of drug-likeness (QED) is 0.354. The summed E-state index contributed by atoms with van der Waals surface area (Å²) in [5, 5.41) is 16.0. The molecule has 10 heteroatoms. The molecule has 0 aliphatic carbocycles. The van der Waals surface area contributed by atoms with Crippen molar-refractivity contribution < 1.29 is 27.8 Å². The van der Waals surface area contributed by atoms with Gasteiger partial charge in [0.25, 0.3) is 5.91 Å². The molecule has 2 aromatic rings. The highest BCUT2D eigenvalue weighted by Gasteiger charge is 2.34. The molecular weight excluding hydrogens is 458 g/mol. The summed E-state index contributed by atoms with van der Waals surface area (Å²) in [7, 11) is 1.53. The van der Waals surface area contributed by atoms with Crippen LogP contribution < -0.4 is 20.7 Å². The molecule has 0 radical (unpaired) electrons. The molecule has 0 aliphatic heterocycles. The molecule has 0 bridgehead atoms. The van der Waals surface area contributed by atoms with Crippen LogP contribution in [0.2, 0.25) is 0 Å². The average molecular weight is 491 g/mol. The van der Waals surface area contributed by atoms with Gasteiger partial charge in [-0.15, -0.1) is 0 Å². The molecule has 0 spiro atoms. The summed E-state index contributed by atoms with van der Waals surface area (Å²) >= 11 is 0. The van der Waals surface area contributed by atoms with Crippen LogP contribution in [0.1, 0.15) is 51.8 Å². The highest BCUT2D eigenvalue weighted by atomic mass is 19.3. The number of carbonyl (C=O) groups is 2. The lowest BCUT2D eigenvalue weighted by molar-refractivity contribution is -0.143. The molecule has 0 aromatic heterocycles. The van der Waals surface area contributed by atoms with E-state index in [0.29, 0.717) is 35.2 Å². The van der Waals surface area contributed by atoms with Gasteiger partial charge < -0.3 is 25.5 Å². The van der Waals surface area contributed by atoms with E-state index in [1.807, 2.05) is 0 Å². The zero-order valence-electron chi connectivity index (χ0n) is 20.7. The van der Waals surface area contributed by atoms with Crippen molar-refractivity contribution >= 4 is 29.6 Å². The van der Waals surface area contributed by atoms with E-state index in [-0.39, 0.29) is 0 Å². The Bertz CT molecular complexity index is 1050. The molecule has 0 aliphatic rings. The minimum absolute atomic E-state index is 0.413. The van der Waals surface area contributed by atoms with Crippen molar-refractivity contribution in [1.29, 1.82) is 5.41 Å². The van der Waals surface area contributed by atoms with Crippen molar-refractivity contribution in [2.45, 2.75) is 58.2 Å². The van der Waals surface area contributed by atoms with Crippen molar-refractivity contribution in [3.8, 4) is 5.75 Å². The van der Waals surface area contributed by atoms with E-state index in [1.54, 1.807) is 70.2 Å². The third-order valence-corrected chi connectivity index (χ3v) is 4.90. The molecule has 4 N–H and O–H groups in total. The number of alkyl halides is 2. The van der Waals surface area contributed by atoms with Gasteiger partial charge in [-0.2, -0.15) is 8.78 Å². The highest BCUT2D eigenvalue weighted by Crippen LogP contribution is 2.29. The lowest BCUT2D eigenvalue weighted by atomic mass is 9.98. The summed E-state index contributed by atoms with van der Waals surface area (Å²) in [6.45, 7) is 7.38. The van der Waals surface area contributed by atoms with Crippen LogP contribution in [0.25, 0.3) is 0 Å². The second-order valence-corrected chi connectivity index (χ2v) is 9.12. The first-order valence-corrected chi connectivity index (χ1v) is 11.0. The van der Waals surface area contributed by atoms with E-state index < -0.39 is 35.6 Å². The smallest absolute Gasteiger partial charge is 0.412 e. The SMILES string of the molecule is COc1ccc(C(Nc2ccc(NC(=O)OC(C)(C)C)cc2C=N)C(C)NC(=O)C(C)(F)F)cc1. The third-order valence-electron chi connectivity index (χ3n) is 4.90. The van der Waals surface area contributed by atoms with Crippen LogP contribution in [0.3, 0.4) is 0 Å². The van der Waals surface area contributed by atoms with Gasteiger partial charge >= 0.3 is 12.0 Å². The van der Waals surface area contributed by atoms with Crippen LogP contribution in [0, 0.1) is 5.41 Å². The first-order chi connectivity index (χ1) is 16.2. The molecule has 0 fully saturated rings. The standard InChI is InChI=1S/C25H32F2N4O4/c1-15(29-22(32)25(5,26)27)21(16-7-10-19(34-6)11-8-16)31-20-12-9-18(13-17(20)14-28)30-23(33)35-24(2,3)4/h7-15,21,28,31H,1-6H3,(H,29,32)(H,30,33). The molecule has 2 aromatic carbocycles. The van der Waals surface area contributed by atoms with E-state index in [2.05, 4.69) is 16.0 Å². The van der Waals surface area contributed by atoms with E-state index in [1.165, 1.54) is 7.11 Å². The van der Waals surface area contributed by atoms with E-state index >= 15 is 0 Å². The Labute approximate surface area is 203 Å². The van der Waals surface area contributed by atoms with Gasteiger partial charge in [0.2, 0.25) is 0 Å². The molecule has 0 saturated heterocycles. The maximum absolute atomic E-state index is 13.5. The van der Waals surface area contributed by atoms with Crippen LogP contribution in [0.5, 0.6) is 5.75 Å². The Morgan fingerprint density at radius 3 is 2.20 bits per heavy atom. The first kappa shape index (κ1) is 27.6. The lowest BCUT2D eigenvalue weighted by Gasteiger charge is -2.29. The molecular formula is C25H32F2N4O4. The van der Waals surface area contributed by atoms with Gasteiger partial charge in [-0.3, -0.25) is 10.1 Å². The molecule has 0 heterocycles. The van der Waals surface area contributed by atoms with Gasteiger partial charge in [0, 0.05) is 30.1 Å². The Kier molecular flexibility index (Phi) is 8.78. The molecule has 2 atom stereocenters. The van der Waals surface area contributed by atoms with Crippen LogP contribution >= 0.6 is 0 Å². The maximum atomic E-state index is 13.5. The monoisotopic (exact) mass is 490 g/mol. The summed E-state index contributed by atoms with van der Waals surface area (Å²) in [5.41, 5.74) is 1.37. The Hall–Kier alpha value is -3.69. The lowest BCUT2D eigenvalue weighted by Crippen LogP contribution is -2.46. The Morgan fingerprint density at radius 2 is 1.69 bits per heavy atom. The zero-order valence-corrected chi connectivity index (χ0v) is 20.7. The fraction of sp³-hybridized carbons (Fsp3) is 0.400. The highest BCUT2D eigenvalue weighted by molar-refractivity contribution is 5.91. The number of hydrogen-bond acceptors (Lipinski definition) is 6. The second-order valence-electron chi connectivity index (χ2n) is 9.12. The summed E-state index contributed by atoms with van der Waals surface area (Å²) in [5.74, 6) is -4.31. The largest absolute Gasteiger partial charge is 0.497 e. The molecule has 2 unspecified atom stereocenters. The zero-order chi connectivity index (χ0) is 26.4. The number of anilines is 2. The van der Waals surface area contributed by atoms with Gasteiger partial charge in [-0.05, 0) is 63.6 Å². The first-order valence-electron chi connectivity index (χ1n) is 11.0. The number of rotatable bonds is 9. The number of carbonyl (C=O) groups excluding carboxylic acids is 2. The van der Waals surface area contributed by atoms with E-state index in [9.17, 15) is 18.4 Å². The number of hydrogen-bond donors (Lipinski definition) is 4. The number of halogens is 2. The van der Waals surface area contributed by atoms with Crippen LogP contribution in [0.15, 0.2) is 42.5 Å². The van der Waals surface area contributed by atoms with Crippen LogP contribution in [-0.2, 0) is 9.53 Å². The van der Waals surface area contributed by atoms with Gasteiger partial charge in [0.1, 0.15) is 11.4 Å². The predicted octanol–water partition coefficient (Wildman–Crippen LogP) is 5.35. The van der Waals surface area contributed by atoms with E-state index in [4.69, 9.17) is 14.9 Å². The normalized spacial score (nSPS) is 13.3. The van der Waals surface area contributed by atoms with Gasteiger partial charge in [-0.1, -0.05) is 12.1 Å². The van der Waals surface area contributed by atoms with Crippen molar-refractivity contribution in [2.24, 2.45) is 0 Å². The summed E-state index contributed by atoms with van der Waals surface area (Å²) in [6, 6.07) is 10.4. The number of ether oxygens (including phenoxy) is 2. The summed E-state index contributed by atoms with van der Waals surface area (Å²) < 4.78 is 37.5. The number of nitrogens with one attached hydrogen (secondary N) is 4. The van der Waals surface area contributed by atoms with Crippen molar-refractivity contribution in [3.05, 3.63) is 53.6 Å². The van der Waals surface area contributed by atoms with Crippen molar-refractivity contribution in [1.82, 2.24) is 5.32 Å². The van der Waals surface area contributed by atoms with Crippen LogP contribution in [0.4, 0.5) is 25.0 Å². The fourth-order valence-electron chi connectivity index (χ4n) is 3.21. The Morgan fingerprint density at radius 1 is 1.06 bits per heavy atom. The Balaban J connectivity index is 2.34. The summed E-state index contributed by atoms with van der Waals surface area (Å²) in [6.07, 6.45) is 0.457. The molecule has 0 saturated carbocycles. The fourth-order valence-corrected chi connectivity index (χ4v) is 3.21. The molecule has 8 nitrogen and oxygen atoms in total. The summed E-state index contributed by atoms with van der Waals surface area (Å²) in [4.78, 5) is 24.0. The van der Waals surface area contributed by atoms with Gasteiger partial charge in [0.15, 0.2) is 0 Å². The van der Waals surface area contributed by atoms with Gasteiger partial charge in [0.05, 0.1) is 19.2 Å². The predicted molar refractivity (Wildman–Crippen MR) is 132 cm³/mol. The number of methoxy groups -OCH3 is 1. The van der Waals surface area contributed by atoms with E-state index in [0.717, 1.165) is 6.21 Å². The average Bonchev–Trinajstić information content (AvgIpc) is 2.76. The maximum Gasteiger partial charge on any atom is 0.412 e. The number of amides is 2. The minimum atomic E-state index is -3.53. The van der Waals surface area contributed by atoms with Crippen LogP contribution in [-0.4, -0.2) is 42.9 Å². The molecule has 35 heavy (non-hydrogen) atoms. The topological polar surface area (TPSA) is 113 Å². The molecule has 190 valence electrons. The number of benzene rings is 2. The molecule has 2 amide bonds. The second kappa shape index (κ2) is 11.2. The van der Waals surface area contributed by atoms with Crippen molar-refractivity contribution in [2.75, 3.05) is 17.7 Å². The van der Waals surface area contributed by atoms with Crippen molar-refractivity contribution in [3.63, 3.8) is 0 Å². The van der Waals surface area contributed by atoms with Gasteiger partial charge in [-0.25, -0.2) is 4.79 Å².